The van der Waals surface area contributed by atoms with Crippen molar-refractivity contribution in [3.8, 4) is 0 Å². The molecule has 0 spiro atoms. The van der Waals surface area contributed by atoms with E-state index in [2.05, 4.69) is 15.6 Å². The molecular weight excluding hydrogens is 398 g/mol. The molecule has 1 atom stereocenters. The van der Waals surface area contributed by atoms with Crippen LogP contribution in [0.2, 0.25) is 5.02 Å². The number of nitrogens with zero attached hydrogens (tertiary/aromatic N) is 1. The quantitative estimate of drug-likeness (QED) is 0.551. The van der Waals surface area contributed by atoms with E-state index < -0.39 is 18.0 Å². The molecule has 6 nitrogen and oxygen atoms in total. The molecule has 0 saturated carbocycles. The van der Waals surface area contributed by atoms with Crippen LogP contribution in [0.4, 0.5) is 10.8 Å². The van der Waals surface area contributed by atoms with E-state index in [1.54, 1.807) is 29.6 Å². The van der Waals surface area contributed by atoms with Gasteiger partial charge >= 0.3 is 5.97 Å². The van der Waals surface area contributed by atoms with Crippen LogP contribution in [0.3, 0.4) is 0 Å². The first-order chi connectivity index (χ1) is 13.5. The normalized spacial score (nSPS) is 11.5. The molecule has 0 aliphatic carbocycles. The fourth-order valence-electron chi connectivity index (χ4n) is 2.29. The Morgan fingerprint density at radius 1 is 1.14 bits per heavy atom. The summed E-state index contributed by atoms with van der Waals surface area (Å²) in [6, 6.07) is 16.7. The molecule has 0 radical (unpaired) electrons. The Bertz CT molecular complexity index is 962. The number of amides is 1. The average molecular weight is 416 g/mol. The maximum atomic E-state index is 12.3. The standard InChI is InChI=1S/C20H18ClN3O3S/c1-13(18(25)23-16-10-6-5-9-15(16)21)27-19(26)17-12-28-20(24-17)22-11-14-7-3-2-4-8-14/h2-10,12-13H,11H2,1H3,(H,22,24)(H,23,25). The smallest absolute Gasteiger partial charge is 0.358 e. The first-order valence-electron chi connectivity index (χ1n) is 8.52. The van der Waals surface area contributed by atoms with Gasteiger partial charge in [0, 0.05) is 11.9 Å². The van der Waals surface area contributed by atoms with Crippen LogP contribution in [0.15, 0.2) is 60.0 Å². The number of aromatic nitrogens is 1. The van der Waals surface area contributed by atoms with Crippen LogP contribution in [0.5, 0.6) is 0 Å². The van der Waals surface area contributed by atoms with Crippen molar-refractivity contribution >= 4 is 45.6 Å². The van der Waals surface area contributed by atoms with Gasteiger partial charge in [0.05, 0.1) is 10.7 Å². The number of carbonyl (C=O) groups is 2. The monoisotopic (exact) mass is 415 g/mol. The Kier molecular flexibility index (Phi) is 6.62. The molecule has 0 saturated heterocycles. The van der Waals surface area contributed by atoms with Crippen LogP contribution in [-0.4, -0.2) is 23.0 Å². The van der Waals surface area contributed by atoms with Crippen molar-refractivity contribution in [2.24, 2.45) is 0 Å². The van der Waals surface area contributed by atoms with Crippen molar-refractivity contribution in [1.82, 2.24) is 4.98 Å². The molecular formula is C20H18ClN3O3S. The first-order valence-corrected chi connectivity index (χ1v) is 9.78. The molecule has 1 heterocycles. The summed E-state index contributed by atoms with van der Waals surface area (Å²) >= 11 is 7.31. The minimum absolute atomic E-state index is 0.151. The number of hydrogen-bond donors (Lipinski definition) is 2. The van der Waals surface area contributed by atoms with Crippen molar-refractivity contribution < 1.29 is 14.3 Å². The van der Waals surface area contributed by atoms with Crippen LogP contribution in [0, 0.1) is 0 Å². The van der Waals surface area contributed by atoms with E-state index >= 15 is 0 Å². The van der Waals surface area contributed by atoms with Gasteiger partial charge in [0.2, 0.25) is 0 Å². The van der Waals surface area contributed by atoms with Crippen LogP contribution in [-0.2, 0) is 16.1 Å². The average Bonchev–Trinajstić information content (AvgIpc) is 3.18. The molecule has 0 fully saturated rings. The molecule has 1 unspecified atom stereocenters. The number of halogens is 1. The van der Waals surface area contributed by atoms with Crippen molar-refractivity contribution in [3.05, 3.63) is 76.3 Å². The third kappa shape index (κ3) is 5.31. The summed E-state index contributed by atoms with van der Waals surface area (Å²) in [6.45, 7) is 2.09. The lowest BCUT2D eigenvalue weighted by Gasteiger charge is -2.13. The molecule has 144 valence electrons. The largest absolute Gasteiger partial charge is 0.448 e. The maximum absolute atomic E-state index is 12.3. The van der Waals surface area contributed by atoms with E-state index in [0.717, 1.165) is 5.56 Å². The summed E-state index contributed by atoms with van der Waals surface area (Å²) in [7, 11) is 0. The molecule has 8 heteroatoms. The fourth-order valence-corrected chi connectivity index (χ4v) is 3.16. The minimum atomic E-state index is -0.994. The fraction of sp³-hybridized carbons (Fsp3) is 0.150. The van der Waals surface area contributed by atoms with Gasteiger partial charge < -0.3 is 15.4 Å². The third-order valence-corrected chi connectivity index (χ3v) is 4.91. The predicted octanol–water partition coefficient (Wildman–Crippen LogP) is 4.59. The molecule has 2 aromatic carbocycles. The highest BCUT2D eigenvalue weighted by Gasteiger charge is 2.21. The number of thiazole rings is 1. The van der Waals surface area contributed by atoms with Gasteiger partial charge in [-0.1, -0.05) is 54.1 Å². The molecule has 3 aromatic rings. The maximum Gasteiger partial charge on any atom is 0.358 e. The van der Waals surface area contributed by atoms with Gasteiger partial charge in [-0.25, -0.2) is 9.78 Å². The molecule has 3 rings (SSSR count). The molecule has 1 aromatic heterocycles. The van der Waals surface area contributed by atoms with Gasteiger partial charge in [-0.05, 0) is 24.6 Å². The van der Waals surface area contributed by atoms with E-state index in [1.807, 2.05) is 30.3 Å². The second-order valence-corrected chi connectivity index (χ2v) is 7.16. The highest BCUT2D eigenvalue weighted by molar-refractivity contribution is 7.13. The van der Waals surface area contributed by atoms with Crippen LogP contribution in [0.1, 0.15) is 23.0 Å². The zero-order valence-corrected chi connectivity index (χ0v) is 16.6. The topological polar surface area (TPSA) is 80.3 Å². The summed E-state index contributed by atoms with van der Waals surface area (Å²) in [5, 5.41) is 8.39. The number of benzene rings is 2. The summed E-state index contributed by atoms with van der Waals surface area (Å²) in [4.78, 5) is 28.7. The summed E-state index contributed by atoms with van der Waals surface area (Å²) < 4.78 is 5.21. The lowest BCUT2D eigenvalue weighted by molar-refractivity contribution is -0.123. The number of ether oxygens (including phenoxy) is 1. The zero-order valence-electron chi connectivity index (χ0n) is 15.0. The molecule has 2 N–H and O–H groups in total. The minimum Gasteiger partial charge on any atom is -0.448 e. The Hall–Kier alpha value is -2.90. The first kappa shape index (κ1) is 19.9. The Balaban J connectivity index is 1.53. The lowest BCUT2D eigenvalue weighted by atomic mass is 10.2. The van der Waals surface area contributed by atoms with Gasteiger partial charge in [0.1, 0.15) is 0 Å². The zero-order chi connectivity index (χ0) is 19.9. The highest BCUT2D eigenvalue weighted by Crippen LogP contribution is 2.21. The number of nitrogens with one attached hydrogen (secondary N) is 2. The van der Waals surface area contributed by atoms with Crippen LogP contribution >= 0.6 is 22.9 Å². The van der Waals surface area contributed by atoms with Gasteiger partial charge in [0.25, 0.3) is 5.91 Å². The number of carbonyl (C=O) groups excluding carboxylic acids is 2. The summed E-state index contributed by atoms with van der Waals surface area (Å²) in [6.07, 6.45) is -0.994. The number of rotatable bonds is 7. The number of hydrogen-bond acceptors (Lipinski definition) is 6. The predicted molar refractivity (Wildman–Crippen MR) is 111 cm³/mol. The number of esters is 1. The number of para-hydroxylation sites is 1. The van der Waals surface area contributed by atoms with E-state index in [1.165, 1.54) is 18.3 Å². The van der Waals surface area contributed by atoms with Crippen molar-refractivity contribution in [2.75, 3.05) is 10.6 Å². The van der Waals surface area contributed by atoms with E-state index in [-0.39, 0.29) is 5.69 Å². The Morgan fingerprint density at radius 3 is 2.61 bits per heavy atom. The molecule has 28 heavy (non-hydrogen) atoms. The molecule has 1 amide bonds. The Labute approximate surface area is 171 Å². The van der Waals surface area contributed by atoms with Gasteiger partial charge in [-0.2, -0.15) is 0 Å². The number of anilines is 2. The SMILES string of the molecule is CC(OC(=O)c1csc(NCc2ccccc2)n1)C(=O)Nc1ccccc1Cl. The highest BCUT2D eigenvalue weighted by atomic mass is 35.5. The van der Waals surface area contributed by atoms with Crippen LogP contribution < -0.4 is 10.6 Å². The Morgan fingerprint density at radius 2 is 1.86 bits per heavy atom. The van der Waals surface area contributed by atoms with Crippen molar-refractivity contribution in [1.29, 1.82) is 0 Å². The van der Waals surface area contributed by atoms with Gasteiger partial charge in [-0.3, -0.25) is 4.79 Å². The van der Waals surface area contributed by atoms with Crippen molar-refractivity contribution in [2.45, 2.75) is 19.6 Å². The van der Waals surface area contributed by atoms with E-state index in [0.29, 0.717) is 22.4 Å². The van der Waals surface area contributed by atoms with E-state index in [9.17, 15) is 9.59 Å². The summed E-state index contributed by atoms with van der Waals surface area (Å²) in [5.74, 6) is -1.13. The molecule has 0 aliphatic heterocycles. The van der Waals surface area contributed by atoms with Gasteiger partial charge in [0.15, 0.2) is 16.9 Å². The van der Waals surface area contributed by atoms with Crippen LogP contribution in [0.25, 0.3) is 0 Å². The van der Waals surface area contributed by atoms with Gasteiger partial charge in [-0.15, -0.1) is 11.3 Å². The second-order valence-electron chi connectivity index (χ2n) is 5.89. The van der Waals surface area contributed by atoms with Crippen molar-refractivity contribution in [3.63, 3.8) is 0 Å². The molecule has 0 aliphatic rings. The third-order valence-electron chi connectivity index (χ3n) is 3.78. The summed E-state index contributed by atoms with van der Waals surface area (Å²) in [5.41, 5.74) is 1.71. The lowest BCUT2D eigenvalue weighted by Crippen LogP contribution is -2.30. The second kappa shape index (κ2) is 9.34. The van der Waals surface area contributed by atoms with E-state index in [4.69, 9.17) is 16.3 Å². The molecule has 0 bridgehead atoms.